The van der Waals surface area contributed by atoms with Crippen molar-refractivity contribution in [2.75, 3.05) is 16.8 Å². The van der Waals surface area contributed by atoms with E-state index in [1.54, 1.807) is 0 Å². The maximum Gasteiger partial charge on any atom is 0.234 e. The van der Waals surface area contributed by atoms with Crippen molar-refractivity contribution in [2.45, 2.75) is 18.5 Å². The number of nitrogens with one attached hydrogen (secondary N) is 2. The molecule has 0 unspecified atom stereocenters. The largest absolute Gasteiger partial charge is 0.382 e. The Hall–Kier alpha value is -2.61. The normalized spacial score (nSPS) is 10.8. The number of hydrogen-bond acceptors (Lipinski definition) is 6. The summed E-state index contributed by atoms with van der Waals surface area (Å²) in [6, 6.07) is 7.77. The quantitative estimate of drug-likeness (QED) is 0.620. The Bertz CT molecular complexity index is 847. The molecular weight excluding hydrogens is 312 g/mol. The molecule has 0 aliphatic carbocycles. The molecule has 0 aliphatic heterocycles. The third-order valence-corrected chi connectivity index (χ3v) is 4.18. The highest BCUT2D eigenvalue weighted by molar-refractivity contribution is 7.99. The Kier molecular flexibility index (Phi) is 4.42. The van der Waals surface area contributed by atoms with E-state index in [9.17, 15) is 4.79 Å². The zero-order valence-corrected chi connectivity index (χ0v) is 13.4. The smallest absolute Gasteiger partial charge is 0.234 e. The molecule has 8 heteroatoms. The number of aromatic amines is 1. The number of aryl methyl sites for hydroxylation is 1. The van der Waals surface area contributed by atoms with Gasteiger partial charge in [0, 0.05) is 5.69 Å². The second-order valence-corrected chi connectivity index (χ2v) is 5.81. The lowest BCUT2D eigenvalue weighted by molar-refractivity contribution is -0.113. The van der Waals surface area contributed by atoms with Gasteiger partial charge in [0.25, 0.3) is 0 Å². The molecule has 2 heterocycles. The van der Waals surface area contributed by atoms with Crippen molar-refractivity contribution in [3.63, 3.8) is 0 Å². The molecule has 0 atom stereocenters. The molecule has 4 N–H and O–H groups in total. The Morgan fingerprint density at radius 2 is 2.17 bits per heavy atom. The number of thioether (sulfide) groups is 1. The average Bonchev–Trinajstić information content (AvgIpc) is 2.98. The van der Waals surface area contributed by atoms with Gasteiger partial charge in [-0.1, -0.05) is 36.9 Å². The number of carbonyl (C=O) groups excluding carboxylic acids is 1. The van der Waals surface area contributed by atoms with Gasteiger partial charge in [0.2, 0.25) is 5.91 Å². The van der Waals surface area contributed by atoms with E-state index < -0.39 is 0 Å². The number of nitrogens with two attached hydrogens (primary N) is 1. The molecule has 3 aromatic rings. The zero-order chi connectivity index (χ0) is 16.2. The number of H-pyrrole nitrogens is 1. The van der Waals surface area contributed by atoms with E-state index in [4.69, 9.17) is 5.73 Å². The molecule has 3 rings (SSSR count). The molecule has 0 saturated carbocycles. The number of carbonyl (C=O) groups is 1. The number of hydrogen-bond donors (Lipinski definition) is 3. The number of para-hydroxylation sites is 1. The van der Waals surface area contributed by atoms with E-state index >= 15 is 0 Å². The number of nitrogens with zero attached hydrogens (tertiary/aromatic N) is 3. The second-order valence-electron chi connectivity index (χ2n) is 4.85. The highest BCUT2D eigenvalue weighted by Gasteiger charge is 2.11. The van der Waals surface area contributed by atoms with Gasteiger partial charge in [-0.05, 0) is 18.1 Å². The van der Waals surface area contributed by atoms with Crippen LogP contribution in [0.4, 0.5) is 11.5 Å². The van der Waals surface area contributed by atoms with E-state index in [1.165, 1.54) is 18.1 Å². The first-order valence-corrected chi connectivity index (χ1v) is 8.12. The minimum absolute atomic E-state index is 0.0876. The van der Waals surface area contributed by atoms with Gasteiger partial charge in [-0.15, -0.1) is 0 Å². The van der Waals surface area contributed by atoms with Crippen LogP contribution in [-0.2, 0) is 11.2 Å². The first-order valence-electron chi connectivity index (χ1n) is 7.14. The monoisotopic (exact) mass is 328 g/mol. The fraction of sp³-hybridized carbons (Fsp3) is 0.200. The van der Waals surface area contributed by atoms with Gasteiger partial charge in [0.1, 0.15) is 11.8 Å². The van der Waals surface area contributed by atoms with Crippen LogP contribution in [0.15, 0.2) is 35.7 Å². The SMILES string of the molecule is CCc1ccccc1NC(=O)CSc1nc2ncnc(N)c2[nH]1. The summed E-state index contributed by atoms with van der Waals surface area (Å²) in [4.78, 5) is 27.4. The Morgan fingerprint density at radius 1 is 1.35 bits per heavy atom. The predicted molar refractivity (Wildman–Crippen MR) is 91.3 cm³/mol. The number of rotatable bonds is 5. The van der Waals surface area contributed by atoms with Gasteiger partial charge in [-0.2, -0.15) is 0 Å². The standard InChI is InChI=1S/C15H16N6OS/c1-2-9-5-3-4-6-10(9)19-11(22)7-23-15-20-12-13(16)17-8-18-14(12)21-15/h3-6,8H,2,7H2,1H3,(H,19,22)(H3,16,17,18,20,21). The van der Waals surface area contributed by atoms with Crippen molar-refractivity contribution in [3.8, 4) is 0 Å². The summed E-state index contributed by atoms with van der Waals surface area (Å²) >= 11 is 1.29. The number of nitrogen functional groups attached to an aromatic ring is 1. The van der Waals surface area contributed by atoms with Crippen LogP contribution in [0, 0.1) is 0 Å². The maximum absolute atomic E-state index is 12.1. The topological polar surface area (TPSA) is 110 Å². The maximum atomic E-state index is 12.1. The summed E-state index contributed by atoms with van der Waals surface area (Å²) in [5.74, 6) is 0.497. The molecule has 0 aliphatic rings. The number of aromatic nitrogens is 4. The minimum Gasteiger partial charge on any atom is -0.382 e. The lowest BCUT2D eigenvalue weighted by Gasteiger charge is -2.08. The highest BCUT2D eigenvalue weighted by Crippen LogP contribution is 2.21. The third kappa shape index (κ3) is 3.42. The Labute approximate surface area is 137 Å². The lowest BCUT2D eigenvalue weighted by atomic mass is 10.1. The van der Waals surface area contributed by atoms with Gasteiger partial charge >= 0.3 is 0 Å². The Morgan fingerprint density at radius 3 is 2.96 bits per heavy atom. The van der Waals surface area contributed by atoms with Crippen molar-refractivity contribution in [1.82, 2.24) is 19.9 Å². The molecule has 1 amide bonds. The molecule has 0 saturated heterocycles. The van der Waals surface area contributed by atoms with Crippen LogP contribution in [0.2, 0.25) is 0 Å². The summed E-state index contributed by atoms with van der Waals surface area (Å²) in [6.07, 6.45) is 2.23. The molecule has 7 nitrogen and oxygen atoms in total. The molecule has 0 bridgehead atoms. The van der Waals surface area contributed by atoms with Crippen molar-refractivity contribution >= 4 is 40.3 Å². The van der Waals surface area contributed by atoms with E-state index in [-0.39, 0.29) is 11.7 Å². The van der Waals surface area contributed by atoms with Crippen LogP contribution in [-0.4, -0.2) is 31.6 Å². The summed E-state index contributed by atoms with van der Waals surface area (Å²) in [6.45, 7) is 2.06. The second kappa shape index (κ2) is 6.66. The van der Waals surface area contributed by atoms with E-state index in [2.05, 4.69) is 32.2 Å². The summed E-state index contributed by atoms with van der Waals surface area (Å²) in [5, 5.41) is 3.51. The molecule has 0 radical (unpaired) electrons. The van der Waals surface area contributed by atoms with Crippen molar-refractivity contribution in [3.05, 3.63) is 36.2 Å². The van der Waals surface area contributed by atoms with Crippen LogP contribution in [0.5, 0.6) is 0 Å². The van der Waals surface area contributed by atoms with E-state index in [1.807, 2.05) is 24.3 Å². The van der Waals surface area contributed by atoms with Crippen LogP contribution in [0.3, 0.4) is 0 Å². The fourth-order valence-electron chi connectivity index (χ4n) is 2.16. The zero-order valence-electron chi connectivity index (χ0n) is 12.5. The average molecular weight is 328 g/mol. The molecule has 2 aromatic heterocycles. The summed E-state index contributed by atoms with van der Waals surface area (Å²) < 4.78 is 0. The minimum atomic E-state index is -0.0876. The third-order valence-electron chi connectivity index (χ3n) is 3.31. The molecular formula is C15H16N6OS. The fourth-order valence-corrected chi connectivity index (χ4v) is 2.83. The lowest BCUT2D eigenvalue weighted by Crippen LogP contribution is -2.15. The number of anilines is 2. The van der Waals surface area contributed by atoms with Crippen molar-refractivity contribution < 1.29 is 4.79 Å². The van der Waals surface area contributed by atoms with Crippen molar-refractivity contribution in [2.24, 2.45) is 0 Å². The van der Waals surface area contributed by atoms with Crippen LogP contribution >= 0.6 is 11.8 Å². The van der Waals surface area contributed by atoms with Gasteiger partial charge in [0.15, 0.2) is 16.6 Å². The number of fused-ring (bicyclic) bond motifs is 1. The summed E-state index contributed by atoms with van der Waals surface area (Å²) in [5.41, 5.74) is 8.79. The molecule has 0 fully saturated rings. The highest BCUT2D eigenvalue weighted by atomic mass is 32.2. The first kappa shape index (κ1) is 15.3. The molecule has 118 valence electrons. The van der Waals surface area contributed by atoms with Gasteiger partial charge in [-0.25, -0.2) is 15.0 Å². The predicted octanol–water partition coefficient (Wildman–Crippen LogP) is 2.23. The van der Waals surface area contributed by atoms with E-state index in [0.717, 1.165) is 17.7 Å². The van der Waals surface area contributed by atoms with Gasteiger partial charge in [0.05, 0.1) is 5.75 Å². The number of benzene rings is 1. The van der Waals surface area contributed by atoms with Gasteiger partial charge in [-0.3, -0.25) is 4.79 Å². The van der Waals surface area contributed by atoms with Crippen LogP contribution < -0.4 is 11.1 Å². The van der Waals surface area contributed by atoms with Crippen molar-refractivity contribution in [1.29, 1.82) is 0 Å². The first-order chi connectivity index (χ1) is 11.2. The van der Waals surface area contributed by atoms with Crippen LogP contribution in [0.1, 0.15) is 12.5 Å². The Balaban J connectivity index is 1.65. The number of imidazole rings is 1. The summed E-state index contributed by atoms with van der Waals surface area (Å²) in [7, 11) is 0. The molecule has 0 spiro atoms. The molecule has 1 aromatic carbocycles. The van der Waals surface area contributed by atoms with E-state index in [0.29, 0.717) is 22.1 Å². The molecule has 23 heavy (non-hydrogen) atoms. The number of amides is 1. The van der Waals surface area contributed by atoms with Crippen LogP contribution in [0.25, 0.3) is 11.2 Å². The van der Waals surface area contributed by atoms with Gasteiger partial charge < -0.3 is 16.0 Å².